The van der Waals surface area contributed by atoms with Crippen molar-refractivity contribution in [2.45, 2.75) is 40.0 Å². The highest BCUT2D eigenvalue weighted by Crippen LogP contribution is 2.17. The maximum Gasteiger partial charge on any atom is 0.316 e. The van der Waals surface area contributed by atoms with Crippen LogP contribution in [0.1, 0.15) is 38.7 Å². The zero-order chi connectivity index (χ0) is 15.7. The summed E-state index contributed by atoms with van der Waals surface area (Å²) in [6, 6.07) is 7.85. The number of benzene rings is 1. The highest BCUT2D eigenvalue weighted by molar-refractivity contribution is 5.97. The number of unbranched alkanes of at least 4 members (excludes halogenated alkanes) is 1. The van der Waals surface area contributed by atoms with Gasteiger partial charge in [-0.2, -0.15) is 0 Å². The van der Waals surface area contributed by atoms with Crippen LogP contribution in [0.25, 0.3) is 0 Å². The number of hydrogen-bond donors (Lipinski definition) is 0. The Morgan fingerprint density at radius 2 is 1.90 bits per heavy atom. The number of ether oxygens (including phenoxy) is 2. The van der Waals surface area contributed by atoms with Crippen LogP contribution in [-0.4, -0.2) is 25.0 Å². The van der Waals surface area contributed by atoms with Gasteiger partial charge >= 0.3 is 5.97 Å². The summed E-state index contributed by atoms with van der Waals surface area (Å²) in [5.74, 6) is -0.299. The molecule has 4 heteroatoms. The lowest BCUT2D eigenvalue weighted by atomic mass is 9.98. The van der Waals surface area contributed by atoms with Crippen molar-refractivity contribution < 1.29 is 19.1 Å². The van der Waals surface area contributed by atoms with E-state index in [1.807, 2.05) is 31.2 Å². The third-order valence-corrected chi connectivity index (χ3v) is 3.30. The lowest BCUT2D eigenvalue weighted by Crippen LogP contribution is -2.24. The molecule has 0 bridgehead atoms. The first-order valence-electron chi connectivity index (χ1n) is 7.41. The van der Waals surface area contributed by atoms with E-state index in [0.29, 0.717) is 19.6 Å². The number of para-hydroxylation sites is 1. The number of aryl methyl sites for hydroxylation is 1. The van der Waals surface area contributed by atoms with Crippen molar-refractivity contribution in [3.63, 3.8) is 0 Å². The van der Waals surface area contributed by atoms with Crippen molar-refractivity contribution in [3.8, 4) is 5.75 Å². The highest BCUT2D eigenvalue weighted by atomic mass is 16.5. The number of Topliss-reactive ketones (excluding diaryl/α,β-unsaturated/α-hetero) is 1. The van der Waals surface area contributed by atoms with Crippen molar-refractivity contribution in [3.05, 3.63) is 29.8 Å². The van der Waals surface area contributed by atoms with Crippen LogP contribution >= 0.6 is 0 Å². The number of hydrogen-bond acceptors (Lipinski definition) is 4. The van der Waals surface area contributed by atoms with E-state index in [9.17, 15) is 9.59 Å². The molecule has 1 aromatic rings. The topological polar surface area (TPSA) is 52.6 Å². The SMILES string of the molecule is CCOC(=O)C(CCCCOc1ccccc1C)C(C)=O. The van der Waals surface area contributed by atoms with Gasteiger partial charge in [-0.1, -0.05) is 18.2 Å². The minimum Gasteiger partial charge on any atom is -0.493 e. The van der Waals surface area contributed by atoms with E-state index >= 15 is 0 Å². The van der Waals surface area contributed by atoms with Gasteiger partial charge in [0.15, 0.2) is 0 Å². The summed E-state index contributed by atoms with van der Waals surface area (Å²) < 4.78 is 10.6. The van der Waals surface area contributed by atoms with Crippen LogP contribution in [0.3, 0.4) is 0 Å². The second kappa shape index (κ2) is 9.16. The van der Waals surface area contributed by atoms with Gasteiger partial charge in [-0.15, -0.1) is 0 Å². The molecule has 0 aliphatic carbocycles. The van der Waals surface area contributed by atoms with Crippen LogP contribution in [0.15, 0.2) is 24.3 Å². The molecule has 0 fully saturated rings. The Morgan fingerprint density at radius 3 is 2.52 bits per heavy atom. The molecule has 0 heterocycles. The summed E-state index contributed by atoms with van der Waals surface area (Å²) in [5.41, 5.74) is 1.10. The average Bonchev–Trinajstić information content (AvgIpc) is 2.44. The van der Waals surface area contributed by atoms with Crippen molar-refractivity contribution in [1.29, 1.82) is 0 Å². The standard InChI is InChI=1S/C17H24O4/c1-4-20-17(19)15(14(3)18)10-7-8-12-21-16-11-6-5-9-13(16)2/h5-6,9,11,15H,4,7-8,10,12H2,1-3H3. The second-order valence-electron chi connectivity index (χ2n) is 5.03. The molecule has 0 aliphatic heterocycles. The zero-order valence-corrected chi connectivity index (χ0v) is 13.1. The molecule has 0 saturated carbocycles. The van der Waals surface area contributed by atoms with Crippen LogP contribution in [-0.2, 0) is 14.3 Å². The number of rotatable bonds is 9. The van der Waals surface area contributed by atoms with E-state index in [0.717, 1.165) is 24.2 Å². The van der Waals surface area contributed by atoms with Gasteiger partial charge in [0.05, 0.1) is 13.2 Å². The first kappa shape index (κ1) is 17.2. The Kier molecular flexibility index (Phi) is 7.51. The third kappa shape index (κ3) is 5.98. The molecule has 1 atom stereocenters. The Balaban J connectivity index is 2.30. The summed E-state index contributed by atoms with van der Waals surface area (Å²) in [5, 5.41) is 0. The quantitative estimate of drug-likeness (QED) is 0.398. The molecule has 21 heavy (non-hydrogen) atoms. The molecule has 0 spiro atoms. The number of esters is 1. The molecule has 1 rings (SSSR count). The summed E-state index contributed by atoms with van der Waals surface area (Å²) in [6.07, 6.45) is 2.08. The zero-order valence-electron chi connectivity index (χ0n) is 13.1. The summed E-state index contributed by atoms with van der Waals surface area (Å²) in [6.45, 7) is 6.07. The average molecular weight is 292 g/mol. The van der Waals surface area contributed by atoms with Gasteiger partial charge in [0.1, 0.15) is 17.5 Å². The largest absolute Gasteiger partial charge is 0.493 e. The van der Waals surface area contributed by atoms with Gasteiger partial charge in [0, 0.05) is 0 Å². The summed E-state index contributed by atoms with van der Waals surface area (Å²) >= 11 is 0. The van der Waals surface area contributed by atoms with Crippen molar-refractivity contribution >= 4 is 11.8 Å². The van der Waals surface area contributed by atoms with Gasteiger partial charge in [0.25, 0.3) is 0 Å². The van der Waals surface area contributed by atoms with E-state index in [4.69, 9.17) is 9.47 Å². The van der Waals surface area contributed by atoms with Crippen LogP contribution in [0, 0.1) is 12.8 Å². The molecule has 0 aliphatic rings. The van der Waals surface area contributed by atoms with E-state index in [1.54, 1.807) is 6.92 Å². The van der Waals surface area contributed by atoms with Crippen LogP contribution in [0.2, 0.25) is 0 Å². The fourth-order valence-corrected chi connectivity index (χ4v) is 2.08. The maximum atomic E-state index is 11.6. The monoisotopic (exact) mass is 292 g/mol. The second-order valence-corrected chi connectivity index (χ2v) is 5.03. The van der Waals surface area contributed by atoms with E-state index in [-0.39, 0.29) is 5.78 Å². The third-order valence-electron chi connectivity index (χ3n) is 3.30. The molecule has 1 aromatic carbocycles. The van der Waals surface area contributed by atoms with E-state index < -0.39 is 11.9 Å². The van der Waals surface area contributed by atoms with Gasteiger partial charge in [-0.05, 0) is 51.7 Å². The molecule has 1 unspecified atom stereocenters. The maximum absolute atomic E-state index is 11.6. The highest BCUT2D eigenvalue weighted by Gasteiger charge is 2.23. The molecule has 0 N–H and O–H groups in total. The smallest absolute Gasteiger partial charge is 0.316 e. The molecular weight excluding hydrogens is 268 g/mol. The fourth-order valence-electron chi connectivity index (χ4n) is 2.08. The lowest BCUT2D eigenvalue weighted by Gasteiger charge is -2.13. The lowest BCUT2D eigenvalue weighted by molar-refractivity contribution is -0.151. The summed E-state index contributed by atoms with van der Waals surface area (Å²) in [7, 11) is 0. The molecule has 0 saturated heterocycles. The Bertz CT molecular complexity index is 468. The predicted molar refractivity (Wildman–Crippen MR) is 81.3 cm³/mol. The number of carbonyl (C=O) groups is 2. The van der Waals surface area contributed by atoms with E-state index in [1.165, 1.54) is 6.92 Å². The molecule has 0 amide bonds. The van der Waals surface area contributed by atoms with Gasteiger partial charge < -0.3 is 9.47 Å². The fraction of sp³-hybridized carbons (Fsp3) is 0.529. The first-order chi connectivity index (χ1) is 10.1. The molecule has 0 aromatic heterocycles. The Hall–Kier alpha value is -1.84. The Morgan fingerprint density at radius 1 is 1.19 bits per heavy atom. The predicted octanol–water partition coefficient (Wildman–Crippen LogP) is 3.31. The normalized spacial score (nSPS) is 11.8. The van der Waals surface area contributed by atoms with Crippen LogP contribution in [0.5, 0.6) is 5.75 Å². The minimum atomic E-state index is -0.636. The van der Waals surface area contributed by atoms with Gasteiger partial charge in [0.2, 0.25) is 0 Å². The van der Waals surface area contributed by atoms with Crippen molar-refractivity contribution in [2.75, 3.05) is 13.2 Å². The van der Waals surface area contributed by atoms with Gasteiger partial charge in [-0.25, -0.2) is 0 Å². The van der Waals surface area contributed by atoms with E-state index in [2.05, 4.69) is 0 Å². The summed E-state index contributed by atoms with van der Waals surface area (Å²) in [4.78, 5) is 23.1. The molecule has 4 nitrogen and oxygen atoms in total. The molecule has 116 valence electrons. The minimum absolute atomic E-state index is 0.131. The number of ketones is 1. The Labute approximate surface area is 126 Å². The van der Waals surface area contributed by atoms with Crippen molar-refractivity contribution in [1.82, 2.24) is 0 Å². The molecular formula is C17H24O4. The van der Waals surface area contributed by atoms with Crippen molar-refractivity contribution in [2.24, 2.45) is 5.92 Å². The number of carbonyl (C=O) groups excluding carboxylic acids is 2. The van der Waals surface area contributed by atoms with Gasteiger partial charge in [-0.3, -0.25) is 9.59 Å². The first-order valence-corrected chi connectivity index (χ1v) is 7.41. The van der Waals surface area contributed by atoms with Crippen LogP contribution in [0.4, 0.5) is 0 Å². The van der Waals surface area contributed by atoms with Crippen LogP contribution < -0.4 is 4.74 Å². The molecule has 0 radical (unpaired) electrons.